The van der Waals surface area contributed by atoms with Crippen molar-refractivity contribution in [1.29, 1.82) is 0 Å². The highest BCUT2D eigenvalue weighted by molar-refractivity contribution is 5.70. The molecule has 0 bridgehead atoms. The fourth-order valence-corrected chi connectivity index (χ4v) is 5.02. The van der Waals surface area contributed by atoms with Gasteiger partial charge in [0.05, 0.1) is 29.4 Å². The Labute approximate surface area is 239 Å². The summed E-state index contributed by atoms with van der Waals surface area (Å²) in [5.41, 5.74) is -3.01. The molecule has 42 heavy (non-hydrogen) atoms. The molecule has 3 aromatic rings. The van der Waals surface area contributed by atoms with Crippen LogP contribution in [0, 0.1) is 6.57 Å². The fraction of sp³-hybridized carbons (Fsp3) is 0.355. The third kappa shape index (κ3) is 7.05. The molecular formula is C31H28F6N2O3. The quantitative estimate of drug-likeness (QED) is 0.205. The van der Waals surface area contributed by atoms with Crippen molar-refractivity contribution in [3.63, 3.8) is 0 Å². The molecule has 0 saturated carbocycles. The maximum atomic E-state index is 13.5. The number of hydrogen-bond acceptors (Lipinski definition) is 3. The number of halogens is 6. The Morgan fingerprint density at radius 1 is 0.976 bits per heavy atom. The van der Waals surface area contributed by atoms with Crippen LogP contribution >= 0.6 is 0 Å². The van der Waals surface area contributed by atoms with Crippen LogP contribution in [-0.2, 0) is 34.0 Å². The van der Waals surface area contributed by atoms with Crippen molar-refractivity contribution in [2.45, 2.75) is 56.4 Å². The summed E-state index contributed by atoms with van der Waals surface area (Å²) >= 11 is 0. The summed E-state index contributed by atoms with van der Waals surface area (Å²) in [6.45, 7) is 8.62. The normalized spacial score (nSPS) is 20.0. The lowest BCUT2D eigenvalue weighted by Crippen LogP contribution is -2.58. The van der Waals surface area contributed by atoms with Crippen LogP contribution in [0.2, 0.25) is 0 Å². The van der Waals surface area contributed by atoms with Crippen molar-refractivity contribution in [1.82, 2.24) is 4.90 Å². The van der Waals surface area contributed by atoms with E-state index in [0.29, 0.717) is 24.1 Å². The van der Waals surface area contributed by atoms with Gasteiger partial charge in [-0.15, -0.1) is 0 Å². The van der Waals surface area contributed by atoms with Gasteiger partial charge in [-0.3, -0.25) is 4.90 Å². The fourth-order valence-electron chi connectivity index (χ4n) is 5.02. The standard InChI is InChI=1S/C31H28F6N2O3/c1-21(23-15-25(30(32,33)34)17-26(16-23)31(35,36)37)42-20-29(24-11-7-4-8-12-24)14-13-27(38-2)18-39(29)28(40)41-19-22-9-5-3-6-10-22/h3-12,15-17,21,27H,13-14,18-20H2,1H3/t21-,27?,29-/m1/s1. The number of piperidine rings is 1. The molecule has 0 N–H and O–H groups in total. The highest BCUT2D eigenvalue weighted by Crippen LogP contribution is 2.42. The second-order valence-corrected chi connectivity index (χ2v) is 10.2. The maximum Gasteiger partial charge on any atom is 0.416 e. The third-order valence-electron chi connectivity index (χ3n) is 7.37. The summed E-state index contributed by atoms with van der Waals surface area (Å²) in [6.07, 6.45) is -11.3. The molecule has 1 fully saturated rings. The molecule has 4 rings (SSSR count). The van der Waals surface area contributed by atoms with E-state index in [1.807, 2.05) is 6.07 Å². The number of likely N-dealkylation sites (tertiary alicyclic amines) is 1. The zero-order valence-electron chi connectivity index (χ0n) is 22.6. The summed E-state index contributed by atoms with van der Waals surface area (Å²) < 4.78 is 92.5. The minimum atomic E-state index is -5.00. The highest BCUT2D eigenvalue weighted by Gasteiger charge is 2.49. The van der Waals surface area contributed by atoms with Gasteiger partial charge < -0.3 is 14.3 Å². The van der Waals surface area contributed by atoms with Crippen LogP contribution in [0.3, 0.4) is 0 Å². The van der Waals surface area contributed by atoms with Crippen LogP contribution < -0.4 is 0 Å². The van der Waals surface area contributed by atoms with Gasteiger partial charge in [0.15, 0.2) is 0 Å². The van der Waals surface area contributed by atoms with Gasteiger partial charge in [-0.25, -0.2) is 11.4 Å². The smallest absolute Gasteiger partial charge is 0.416 e. The Morgan fingerprint density at radius 2 is 1.55 bits per heavy atom. The molecule has 222 valence electrons. The lowest BCUT2D eigenvalue weighted by Gasteiger charge is -2.47. The highest BCUT2D eigenvalue weighted by atomic mass is 19.4. The van der Waals surface area contributed by atoms with Crippen LogP contribution in [0.1, 0.15) is 53.7 Å². The molecule has 0 aromatic heterocycles. The Balaban J connectivity index is 1.67. The Hall–Kier alpha value is -4.04. The number of nitrogens with zero attached hydrogens (tertiary/aromatic N) is 2. The van der Waals surface area contributed by atoms with Gasteiger partial charge in [-0.1, -0.05) is 60.7 Å². The summed E-state index contributed by atoms with van der Waals surface area (Å²) in [6, 6.07) is 18.6. The number of amides is 1. The van der Waals surface area contributed by atoms with Gasteiger partial charge in [0.1, 0.15) is 13.2 Å². The van der Waals surface area contributed by atoms with Gasteiger partial charge in [0, 0.05) is 6.42 Å². The van der Waals surface area contributed by atoms with Gasteiger partial charge >= 0.3 is 18.4 Å². The molecule has 5 nitrogen and oxygen atoms in total. The van der Waals surface area contributed by atoms with Crippen LogP contribution in [0.5, 0.6) is 0 Å². The van der Waals surface area contributed by atoms with Gasteiger partial charge in [0.2, 0.25) is 6.04 Å². The van der Waals surface area contributed by atoms with E-state index in [4.69, 9.17) is 16.0 Å². The van der Waals surface area contributed by atoms with Crippen molar-refractivity contribution in [3.05, 3.63) is 118 Å². The molecule has 3 aromatic carbocycles. The van der Waals surface area contributed by atoms with Crippen molar-refractivity contribution < 1.29 is 40.6 Å². The SMILES string of the molecule is [C-]#[N+]C1CC[C@@](CO[C@H](C)c2cc(C(F)(F)F)cc(C(F)(F)F)c2)(c2ccccc2)N(C(=O)OCc2ccccc2)C1. The van der Waals surface area contributed by atoms with Gasteiger partial charge in [0.25, 0.3) is 0 Å². The molecule has 0 aliphatic carbocycles. The molecule has 0 spiro atoms. The predicted octanol–water partition coefficient (Wildman–Crippen LogP) is 8.42. The van der Waals surface area contributed by atoms with Crippen molar-refractivity contribution in [3.8, 4) is 0 Å². The van der Waals surface area contributed by atoms with Gasteiger partial charge in [-0.05, 0) is 48.2 Å². The van der Waals surface area contributed by atoms with Crippen molar-refractivity contribution in [2.75, 3.05) is 13.2 Å². The number of rotatable bonds is 7. The molecule has 0 radical (unpaired) electrons. The number of hydrogen-bond donors (Lipinski definition) is 0. The van der Waals surface area contributed by atoms with E-state index in [0.717, 1.165) is 5.56 Å². The van der Waals surface area contributed by atoms with E-state index in [1.54, 1.807) is 54.6 Å². The molecule has 1 heterocycles. The Kier molecular flexibility index (Phi) is 9.16. The number of benzene rings is 3. The minimum absolute atomic E-state index is 0.00550. The lowest BCUT2D eigenvalue weighted by molar-refractivity contribution is -0.143. The number of carbonyl (C=O) groups excluding carboxylic acids is 1. The topological polar surface area (TPSA) is 43.1 Å². The molecule has 1 aliphatic heterocycles. The molecular weight excluding hydrogens is 562 g/mol. The van der Waals surface area contributed by atoms with E-state index in [9.17, 15) is 31.1 Å². The number of ether oxygens (including phenoxy) is 2. The zero-order valence-corrected chi connectivity index (χ0v) is 22.6. The lowest BCUT2D eigenvalue weighted by atomic mass is 9.79. The third-order valence-corrected chi connectivity index (χ3v) is 7.37. The number of alkyl halides is 6. The average molecular weight is 591 g/mol. The minimum Gasteiger partial charge on any atom is -0.445 e. The summed E-state index contributed by atoms with van der Waals surface area (Å²) in [7, 11) is 0. The molecule has 1 amide bonds. The van der Waals surface area contributed by atoms with E-state index < -0.39 is 47.3 Å². The monoisotopic (exact) mass is 590 g/mol. The first-order valence-corrected chi connectivity index (χ1v) is 13.1. The molecule has 1 aliphatic rings. The van der Waals surface area contributed by atoms with E-state index >= 15 is 0 Å². The Morgan fingerprint density at radius 3 is 2.10 bits per heavy atom. The summed E-state index contributed by atoms with van der Waals surface area (Å²) in [5, 5.41) is 0. The van der Waals surface area contributed by atoms with Gasteiger partial charge in [-0.2, -0.15) is 26.3 Å². The molecule has 1 unspecified atom stereocenters. The first kappa shape index (κ1) is 30.9. The molecule has 1 saturated heterocycles. The van der Waals surface area contributed by atoms with E-state index in [1.165, 1.54) is 11.8 Å². The van der Waals surface area contributed by atoms with Crippen molar-refractivity contribution in [2.24, 2.45) is 0 Å². The first-order valence-electron chi connectivity index (χ1n) is 13.1. The van der Waals surface area contributed by atoms with E-state index in [-0.39, 0.29) is 37.8 Å². The van der Waals surface area contributed by atoms with E-state index in [2.05, 4.69) is 4.85 Å². The Bertz CT molecular complexity index is 1370. The molecule has 3 atom stereocenters. The number of carbonyl (C=O) groups is 1. The van der Waals surface area contributed by atoms with Crippen LogP contribution in [0.25, 0.3) is 4.85 Å². The first-order chi connectivity index (χ1) is 19.8. The van der Waals surface area contributed by atoms with Crippen LogP contribution in [0.15, 0.2) is 78.9 Å². The second kappa shape index (κ2) is 12.4. The second-order valence-electron chi connectivity index (χ2n) is 10.2. The zero-order chi connectivity index (χ0) is 30.5. The summed E-state index contributed by atoms with van der Waals surface area (Å²) in [4.78, 5) is 18.6. The average Bonchev–Trinajstić information content (AvgIpc) is 2.98. The van der Waals surface area contributed by atoms with Crippen LogP contribution in [-0.4, -0.2) is 30.2 Å². The van der Waals surface area contributed by atoms with Crippen molar-refractivity contribution >= 4 is 6.09 Å². The maximum absolute atomic E-state index is 13.5. The largest absolute Gasteiger partial charge is 0.445 e. The summed E-state index contributed by atoms with van der Waals surface area (Å²) in [5.74, 6) is 0. The predicted molar refractivity (Wildman–Crippen MR) is 142 cm³/mol. The molecule has 11 heteroatoms. The van der Waals surface area contributed by atoms with Crippen LogP contribution in [0.4, 0.5) is 31.1 Å².